The van der Waals surface area contributed by atoms with Crippen LogP contribution in [0, 0.1) is 17.8 Å². The molecule has 0 aromatic carbocycles. The molecule has 260 valence electrons. The van der Waals surface area contributed by atoms with Crippen molar-refractivity contribution in [3.63, 3.8) is 0 Å². The van der Waals surface area contributed by atoms with Gasteiger partial charge in [0.25, 0.3) is 0 Å². The van der Waals surface area contributed by atoms with Crippen molar-refractivity contribution in [2.75, 3.05) is 26.2 Å². The summed E-state index contributed by atoms with van der Waals surface area (Å²) in [5.74, 6) is -1.05. The highest BCUT2D eigenvalue weighted by atomic mass is 16.6. The average Bonchev–Trinajstić information content (AvgIpc) is 3.78. The van der Waals surface area contributed by atoms with Gasteiger partial charge in [-0.3, -0.25) is 9.59 Å². The van der Waals surface area contributed by atoms with E-state index < -0.39 is 41.9 Å². The van der Waals surface area contributed by atoms with E-state index >= 15 is 0 Å². The molecule has 3 N–H and O–H groups in total. The largest absolute Gasteiger partial charge is 0.457 e. The monoisotopic (exact) mass is 648 g/mol. The number of ether oxygens (including phenoxy) is 4. The molecule has 3 heterocycles. The molecule has 3 aliphatic heterocycles. The van der Waals surface area contributed by atoms with Crippen LogP contribution in [-0.2, 0) is 28.5 Å². The third-order valence-electron chi connectivity index (χ3n) is 9.31. The zero-order chi connectivity index (χ0) is 34.0. The van der Waals surface area contributed by atoms with E-state index in [0.29, 0.717) is 32.6 Å². The number of carbonyl (C=O) groups is 3. The lowest BCUT2D eigenvalue weighted by molar-refractivity contribution is -0.158. The van der Waals surface area contributed by atoms with Gasteiger partial charge in [0, 0.05) is 44.9 Å². The van der Waals surface area contributed by atoms with E-state index in [1.165, 1.54) is 6.92 Å². The summed E-state index contributed by atoms with van der Waals surface area (Å²) in [7, 11) is 0. The maximum absolute atomic E-state index is 13.2. The number of piperazine rings is 1. The first-order valence-corrected chi connectivity index (χ1v) is 16.8. The van der Waals surface area contributed by atoms with Crippen LogP contribution in [-0.4, -0.2) is 102 Å². The number of aliphatic hydroxyl groups excluding tert-OH is 2. The molecular weight excluding hydrogens is 592 g/mol. The maximum Gasteiger partial charge on any atom is 0.410 e. The third-order valence-corrected chi connectivity index (χ3v) is 9.31. The van der Waals surface area contributed by atoms with E-state index in [4.69, 9.17) is 18.9 Å². The van der Waals surface area contributed by atoms with Crippen molar-refractivity contribution >= 4 is 18.0 Å². The quantitative estimate of drug-likeness (QED) is 0.104. The summed E-state index contributed by atoms with van der Waals surface area (Å²) in [5.41, 5.74) is -0.484. The number of nitrogens with zero attached hydrogens (tertiary/aromatic N) is 1. The fraction of sp³-hybridized carbons (Fsp3) is 0.743. The zero-order valence-corrected chi connectivity index (χ0v) is 28.6. The predicted molar refractivity (Wildman–Crippen MR) is 174 cm³/mol. The van der Waals surface area contributed by atoms with E-state index in [2.05, 4.69) is 18.3 Å². The number of amides is 1. The molecule has 10 atom stereocenters. The molecule has 0 saturated carbocycles. The van der Waals surface area contributed by atoms with Gasteiger partial charge in [0.1, 0.15) is 6.10 Å². The number of rotatable bonds is 10. The third kappa shape index (κ3) is 11.2. The Morgan fingerprint density at radius 1 is 1.22 bits per heavy atom. The second-order valence-electron chi connectivity index (χ2n) is 13.5. The lowest BCUT2D eigenvalue weighted by atomic mass is 9.88. The summed E-state index contributed by atoms with van der Waals surface area (Å²) in [6.07, 6.45) is 7.82. The molecule has 11 heteroatoms. The Bertz CT molecular complexity index is 1120. The molecule has 0 spiro atoms. The number of epoxide rings is 1. The Morgan fingerprint density at radius 2 is 1.91 bits per heavy atom. The van der Waals surface area contributed by atoms with Crippen LogP contribution < -0.4 is 5.32 Å². The average molecular weight is 649 g/mol. The van der Waals surface area contributed by atoms with Gasteiger partial charge in [-0.2, -0.15) is 0 Å². The molecule has 0 unspecified atom stereocenters. The summed E-state index contributed by atoms with van der Waals surface area (Å²) in [6, 6.07) is 0. The number of allylic oxidation sites excluding steroid dienone is 3. The van der Waals surface area contributed by atoms with Crippen molar-refractivity contribution in [1.29, 1.82) is 0 Å². The Hall–Kier alpha value is -2.73. The van der Waals surface area contributed by atoms with E-state index in [0.717, 1.165) is 12.0 Å². The van der Waals surface area contributed by atoms with Crippen LogP contribution in [0.3, 0.4) is 0 Å². The Kier molecular flexibility index (Phi) is 14.3. The van der Waals surface area contributed by atoms with E-state index in [1.807, 2.05) is 45.9 Å². The number of hydrogen-bond donors (Lipinski definition) is 3. The molecule has 0 bridgehead atoms. The van der Waals surface area contributed by atoms with Crippen LogP contribution in [0.4, 0.5) is 4.79 Å². The van der Waals surface area contributed by atoms with Gasteiger partial charge in [-0.1, -0.05) is 52.0 Å². The van der Waals surface area contributed by atoms with Gasteiger partial charge < -0.3 is 39.4 Å². The molecule has 3 rings (SSSR count). The van der Waals surface area contributed by atoms with Gasteiger partial charge in [0.05, 0.1) is 30.8 Å². The van der Waals surface area contributed by atoms with E-state index in [-0.39, 0.29) is 55.3 Å². The highest BCUT2D eigenvalue weighted by molar-refractivity contribution is 5.71. The molecule has 11 nitrogen and oxygen atoms in total. The first kappa shape index (κ1) is 37.7. The number of esters is 2. The molecule has 0 aliphatic carbocycles. The van der Waals surface area contributed by atoms with E-state index in [9.17, 15) is 24.6 Å². The highest BCUT2D eigenvalue weighted by Gasteiger charge is 2.45. The molecule has 2 fully saturated rings. The zero-order valence-electron chi connectivity index (χ0n) is 28.6. The van der Waals surface area contributed by atoms with Gasteiger partial charge in [0.15, 0.2) is 11.7 Å². The van der Waals surface area contributed by atoms with Crippen molar-refractivity contribution in [2.24, 2.45) is 17.8 Å². The SMILES string of the molecule is CC[C@@H](O)[C@@H](C)[C@H]1O[C@@H]1C[C@@H](C)/C=C/C=C(\C)[C@H]1OC(=O)C[C@@H](O)CC[C@](C)(OC(=O)N2CCNCC2)[C@H](OC(C)=O)/C=C/[C@@H]1C. The minimum Gasteiger partial charge on any atom is -0.457 e. The summed E-state index contributed by atoms with van der Waals surface area (Å²) in [6.45, 7) is 15.2. The van der Waals surface area contributed by atoms with Crippen LogP contribution in [0.5, 0.6) is 0 Å². The standard InChI is InChI=1S/C35H56N2O9/c1-8-28(40)25(5)33-29(44-33)20-22(2)10-9-11-23(3)32-24(4)12-13-30(43-26(6)38)35(7,15-14-27(39)21-31(41)45-32)46-34(42)37-18-16-36-17-19-37/h9-13,22,24-25,27-30,32-33,36,39-40H,8,14-21H2,1-7H3/b10-9+,13-12+,23-11+/t22-,24-,25+,27-,28+,29+,30+,32+,33+,35-/m0/s1. The van der Waals surface area contributed by atoms with Gasteiger partial charge in [0.2, 0.25) is 0 Å². The Labute approximate surface area is 274 Å². The molecule has 0 aromatic rings. The molecule has 46 heavy (non-hydrogen) atoms. The van der Waals surface area contributed by atoms with Crippen molar-refractivity contribution in [3.05, 3.63) is 36.0 Å². The molecule has 3 aliphatic rings. The summed E-state index contributed by atoms with van der Waals surface area (Å²) in [4.78, 5) is 39.9. The molecule has 0 aromatic heterocycles. The minimum atomic E-state index is -1.29. The van der Waals surface area contributed by atoms with Crippen LogP contribution in [0.25, 0.3) is 0 Å². The normalized spacial score (nSPS) is 34.0. The van der Waals surface area contributed by atoms with Crippen molar-refractivity contribution in [3.8, 4) is 0 Å². The fourth-order valence-corrected chi connectivity index (χ4v) is 6.17. The van der Waals surface area contributed by atoms with Crippen LogP contribution in [0.15, 0.2) is 36.0 Å². The van der Waals surface area contributed by atoms with Gasteiger partial charge >= 0.3 is 18.0 Å². The Balaban J connectivity index is 1.77. The summed E-state index contributed by atoms with van der Waals surface area (Å²) < 4.78 is 23.4. The lowest BCUT2D eigenvalue weighted by Gasteiger charge is -2.38. The van der Waals surface area contributed by atoms with Crippen molar-refractivity contribution in [1.82, 2.24) is 10.2 Å². The molecule has 1 amide bonds. The van der Waals surface area contributed by atoms with Crippen molar-refractivity contribution < 1.29 is 43.5 Å². The summed E-state index contributed by atoms with van der Waals surface area (Å²) >= 11 is 0. The maximum atomic E-state index is 13.2. The first-order chi connectivity index (χ1) is 21.7. The van der Waals surface area contributed by atoms with Crippen LogP contribution in [0.2, 0.25) is 0 Å². The second-order valence-corrected chi connectivity index (χ2v) is 13.5. The first-order valence-electron chi connectivity index (χ1n) is 16.8. The van der Waals surface area contributed by atoms with Crippen LogP contribution >= 0.6 is 0 Å². The second kappa shape index (κ2) is 17.4. The number of nitrogens with one attached hydrogen (secondary N) is 1. The molecule has 2 saturated heterocycles. The molecular formula is C35H56N2O9. The van der Waals surface area contributed by atoms with Crippen molar-refractivity contribution in [2.45, 2.75) is 123 Å². The predicted octanol–water partition coefficient (Wildman–Crippen LogP) is 4.07. The number of hydrogen-bond acceptors (Lipinski definition) is 10. The number of cyclic esters (lactones) is 1. The lowest BCUT2D eigenvalue weighted by Crippen LogP contribution is -2.52. The molecule has 0 radical (unpaired) electrons. The fourth-order valence-electron chi connectivity index (χ4n) is 6.17. The van der Waals surface area contributed by atoms with Crippen LogP contribution in [0.1, 0.15) is 80.6 Å². The minimum absolute atomic E-state index is 0.0879. The Morgan fingerprint density at radius 3 is 2.57 bits per heavy atom. The topological polar surface area (TPSA) is 147 Å². The van der Waals surface area contributed by atoms with E-state index in [1.54, 1.807) is 17.9 Å². The number of carbonyl (C=O) groups excluding carboxylic acids is 3. The van der Waals surface area contributed by atoms with Gasteiger partial charge in [-0.25, -0.2) is 4.79 Å². The number of aliphatic hydroxyl groups is 2. The van der Waals surface area contributed by atoms with Gasteiger partial charge in [-0.05, 0) is 57.1 Å². The van der Waals surface area contributed by atoms with Gasteiger partial charge in [-0.15, -0.1) is 0 Å². The smallest absolute Gasteiger partial charge is 0.410 e. The highest BCUT2D eigenvalue weighted by Crippen LogP contribution is 2.36. The summed E-state index contributed by atoms with van der Waals surface area (Å²) in [5, 5.41) is 24.1.